The topological polar surface area (TPSA) is 49.8 Å². The number of hydrogen-bond acceptors (Lipinski definition) is 5. The van der Waals surface area contributed by atoms with Crippen molar-refractivity contribution in [3.63, 3.8) is 0 Å². The molecule has 1 N–H and O–H groups in total. The standard InChI is InChI=1S/C17H20N4OS/c1-11-2-3-14-13(8-11)18-16(23-14)19-15-9-17(22-20-15)10-21-6-4-12(17)5-7-21/h2-3,8,12H,4-7,9-10H2,1H3,(H,18,19,20)/t17-/m0/s1. The van der Waals surface area contributed by atoms with E-state index in [0.29, 0.717) is 5.92 Å². The molecule has 0 radical (unpaired) electrons. The van der Waals surface area contributed by atoms with Crippen molar-refractivity contribution in [3.8, 4) is 0 Å². The molecule has 120 valence electrons. The normalized spacial score (nSPS) is 34.6. The maximum Gasteiger partial charge on any atom is 0.211 e. The lowest BCUT2D eigenvalue weighted by Crippen LogP contribution is -2.59. The third-order valence-electron chi connectivity index (χ3n) is 5.42. The van der Waals surface area contributed by atoms with Crippen LogP contribution in [0.15, 0.2) is 23.2 Å². The Morgan fingerprint density at radius 2 is 2.26 bits per heavy atom. The largest absolute Gasteiger partial charge is 0.300 e. The predicted octanol–water partition coefficient (Wildman–Crippen LogP) is 3.02. The van der Waals surface area contributed by atoms with Crippen molar-refractivity contribution in [1.29, 1.82) is 0 Å². The molecule has 4 aliphatic rings. The van der Waals surface area contributed by atoms with Crippen LogP contribution in [-0.2, 0) is 4.84 Å². The second-order valence-electron chi connectivity index (χ2n) is 7.02. The number of thiazole rings is 1. The van der Waals surface area contributed by atoms with E-state index in [1.165, 1.54) is 36.2 Å². The van der Waals surface area contributed by atoms with Crippen LogP contribution in [0.4, 0.5) is 5.13 Å². The van der Waals surface area contributed by atoms with Crippen molar-refractivity contribution < 1.29 is 4.84 Å². The van der Waals surface area contributed by atoms with Crippen molar-refractivity contribution in [2.24, 2.45) is 10.9 Å². The summed E-state index contributed by atoms with van der Waals surface area (Å²) in [5, 5.41) is 0.815. The minimum Gasteiger partial charge on any atom is -0.300 e. The van der Waals surface area contributed by atoms with E-state index in [4.69, 9.17) is 9.83 Å². The van der Waals surface area contributed by atoms with Crippen LogP contribution in [0.3, 0.4) is 0 Å². The van der Waals surface area contributed by atoms with Crippen LogP contribution in [0.25, 0.3) is 10.2 Å². The Bertz CT molecular complexity index is 793. The first-order chi connectivity index (χ1) is 11.2. The molecular formula is C17H20N4OS. The maximum atomic E-state index is 6.05. The van der Waals surface area contributed by atoms with Gasteiger partial charge in [-0.25, -0.2) is 9.98 Å². The van der Waals surface area contributed by atoms with Gasteiger partial charge in [0.1, 0.15) is 11.4 Å². The van der Waals surface area contributed by atoms with E-state index in [-0.39, 0.29) is 5.60 Å². The fourth-order valence-electron chi connectivity index (χ4n) is 4.21. The van der Waals surface area contributed by atoms with E-state index in [2.05, 4.69) is 40.5 Å². The average Bonchev–Trinajstić information content (AvgIpc) is 3.12. The number of hydroxylamine groups is 1. The Morgan fingerprint density at radius 3 is 3.04 bits per heavy atom. The molecule has 1 atom stereocenters. The zero-order chi connectivity index (χ0) is 15.4. The molecule has 23 heavy (non-hydrogen) atoms. The van der Waals surface area contributed by atoms with Gasteiger partial charge in [-0.15, -0.1) is 0 Å². The SMILES string of the molecule is Cc1ccc2sc(N=C3C[C@@]4(CN5CCC4CC5)ON3)nc2c1. The predicted molar refractivity (Wildman–Crippen MR) is 92.2 cm³/mol. The summed E-state index contributed by atoms with van der Waals surface area (Å²) in [6, 6.07) is 6.36. The lowest BCUT2D eigenvalue weighted by molar-refractivity contribution is -0.150. The van der Waals surface area contributed by atoms with Crippen LogP contribution in [0.5, 0.6) is 0 Å². The van der Waals surface area contributed by atoms with Gasteiger partial charge in [0.05, 0.1) is 10.2 Å². The Kier molecular flexibility index (Phi) is 3.02. The van der Waals surface area contributed by atoms with Gasteiger partial charge in [0.2, 0.25) is 5.13 Å². The highest BCUT2D eigenvalue weighted by molar-refractivity contribution is 7.22. The third-order valence-corrected chi connectivity index (χ3v) is 6.35. The van der Waals surface area contributed by atoms with E-state index in [1.807, 2.05) is 0 Å². The van der Waals surface area contributed by atoms with Gasteiger partial charge in [0.15, 0.2) is 0 Å². The van der Waals surface area contributed by atoms with Gasteiger partial charge in [0, 0.05) is 13.0 Å². The second-order valence-corrected chi connectivity index (χ2v) is 8.03. The molecule has 0 unspecified atom stereocenters. The van der Waals surface area contributed by atoms with E-state index in [1.54, 1.807) is 11.3 Å². The number of benzene rings is 1. The van der Waals surface area contributed by atoms with Gasteiger partial charge in [0.25, 0.3) is 0 Å². The van der Waals surface area contributed by atoms with Crippen molar-refractivity contribution >= 4 is 32.5 Å². The van der Waals surface area contributed by atoms with Crippen LogP contribution in [-0.4, -0.2) is 41.0 Å². The summed E-state index contributed by atoms with van der Waals surface area (Å²) in [4.78, 5) is 17.9. The number of nitrogens with one attached hydrogen (secondary N) is 1. The number of aliphatic imine (C=N–C) groups is 1. The average molecular weight is 328 g/mol. The van der Waals surface area contributed by atoms with E-state index in [9.17, 15) is 0 Å². The van der Waals surface area contributed by atoms with Crippen LogP contribution < -0.4 is 5.48 Å². The summed E-state index contributed by atoms with van der Waals surface area (Å²) in [5.74, 6) is 1.58. The molecule has 1 aromatic heterocycles. The first-order valence-corrected chi connectivity index (χ1v) is 9.13. The van der Waals surface area contributed by atoms with Crippen molar-refractivity contribution in [2.45, 2.75) is 31.8 Å². The lowest BCUT2D eigenvalue weighted by atomic mass is 9.74. The maximum absolute atomic E-state index is 6.05. The molecule has 1 aromatic carbocycles. The van der Waals surface area contributed by atoms with Crippen LogP contribution >= 0.6 is 11.3 Å². The number of piperidine rings is 3. The molecular weight excluding hydrogens is 308 g/mol. The second kappa shape index (κ2) is 5.00. The number of fused-ring (bicyclic) bond motifs is 3. The molecule has 2 aromatic rings. The van der Waals surface area contributed by atoms with Gasteiger partial charge < -0.3 is 4.90 Å². The molecule has 0 aliphatic carbocycles. The number of aryl methyl sites for hydroxylation is 1. The number of nitrogens with zero attached hydrogens (tertiary/aromatic N) is 3. The highest BCUT2D eigenvalue weighted by atomic mass is 32.1. The van der Waals surface area contributed by atoms with Crippen molar-refractivity contribution in [3.05, 3.63) is 23.8 Å². The Balaban J connectivity index is 1.42. The number of rotatable bonds is 1. The van der Waals surface area contributed by atoms with Crippen LogP contribution in [0.1, 0.15) is 24.8 Å². The molecule has 4 aliphatic heterocycles. The molecule has 6 rings (SSSR count). The molecule has 5 heterocycles. The van der Waals surface area contributed by atoms with E-state index >= 15 is 0 Å². The van der Waals surface area contributed by atoms with Gasteiger partial charge in [-0.2, -0.15) is 0 Å². The summed E-state index contributed by atoms with van der Waals surface area (Å²) in [7, 11) is 0. The number of aromatic nitrogens is 1. The highest BCUT2D eigenvalue weighted by Gasteiger charge is 2.52. The molecule has 4 fully saturated rings. The van der Waals surface area contributed by atoms with Gasteiger partial charge >= 0.3 is 0 Å². The molecule has 0 amide bonds. The summed E-state index contributed by atoms with van der Waals surface area (Å²) in [6.45, 7) is 5.57. The highest BCUT2D eigenvalue weighted by Crippen LogP contribution is 2.42. The van der Waals surface area contributed by atoms with Gasteiger partial charge in [-0.1, -0.05) is 17.4 Å². The van der Waals surface area contributed by atoms with Crippen LogP contribution in [0, 0.1) is 12.8 Å². The molecule has 2 bridgehead atoms. The summed E-state index contributed by atoms with van der Waals surface area (Å²) in [5.41, 5.74) is 5.29. The molecule has 0 saturated carbocycles. The first kappa shape index (κ1) is 13.9. The summed E-state index contributed by atoms with van der Waals surface area (Å²) < 4.78 is 1.19. The minimum absolute atomic E-state index is 0.0669. The molecule has 5 nitrogen and oxygen atoms in total. The minimum atomic E-state index is -0.0669. The monoisotopic (exact) mass is 328 g/mol. The van der Waals surface area contributed by atoms with Gasteiger partial charge in [-0.05, 0) is 56.5 Å². The summed E-state index contributed by atoms with van der Waals surface area (Å²) >= 11 is 1.64. The van der Waals surface area contributed by atoms with Crippen molar-refractivity contribution in [1.82, 2.24) is 15.4 Å². The number of amidine groups is 1. The quantitative estimate of drug-likeness (QED) is 0.874. The third kappa shape index (κ3) is 2.28. The number of hydrogen-bond donors (Lipinski definition) is 1. The zero-order valence-electron chi connectivity index (χ0n) is 13.2. The lowest BCUT2D eigenvalue weighted by Gasteiger charge is -2.49. The molecule has 4 saturated heterocycles. The first-order valence-electron chi connectivity index (χ1n) is 8.31. The van der Waals surface area contributed by atoms with E-state index in [0.717, 1.165) is 29.4 Å². The van der Waals surface area contributed by atoms with Gasteiger partial charge in [-0.3, -0.25) is 10.3 Å². The summed E-state index contributed by atoms with van der Waals surface area (Å²) in [6.07, 6.45) is 3.37. The fourth-order valence-corrected chi connectivity index (χ4v) is 5.05. The van der Waals surface area contributed by atoms with Crippen molar-refractivity contribution in [2.75, 3.05) is 19.6 Å². The van der Waals surface area contributed by atoms with Crippen LogP contribution in [0.2, 0.25) is 0 Å². The molecule has 1 spiro atoms. The fraction of sp³-hybridized carbons (Fsp3) is 0.529. The Morgan fingerprint density at radius 1 is 1.39 bits per heavy atom. The zero-order valence-corrected chi connectivity index (χ0v) is 14.0. The van der Waals surface area contributed by atoms with E-state index < -0.39 is 0 Å². The Hall–Kier alpha value is -1.50. The Labute approximate surface area is 139 Å². The smallest absolute Gasteiger partial charge is 0.211 e. The molecule has 6 heteroatoms.